The molecule has 0 aromatic carbocycles. The number of carbonyl (C=O) groups excluding carboxylic acids is 1. The third-order valence-electron chi connectivity index (χ3n) is 4.70. The Morgan fingerprint density at radius 1 is 1.43 bits per heavy atom. The third kappa shape index (κ3) is 4.41. The Hall–Kier alpha value is -0.650. The maximum atomic E-state index is 12.8. The molecule has 5 heteroatoms. The largest absolute Gasteiger partial charge is 0.394 e. The molecule has 0 bridgehead atoms. The van der Waals surface area contributed by atoms with Crippen LogP contribution in [0.4, 0.5) is 0 Å². The predicted molar refractivity (Wildman–Crippen MR) is 81.7 cm³/mol. The van der Waals surface area contributed by atoms with Crippen LogP contribution in [0.3, 0.4) is 0 Å². The van der Waals surface area contributed by atoms with Crippen molar-refractivity contribution in [2.24, 2.45) is 17.6 Å². The van der Waals surface area contributed by atoms with Crippen LogP contribution in [-0.2, 0) is 9.53 Å². The summed E-state index contributed by atoms with van der Waals surface area (Å²) < 4.78 is 5.79. The molecule has 1 saturated carbocycles. The minimum Gasteiger partial charge on any atom is -0.394 e. The summed E-state index contributed by atoms with van der Waals surface area (Å²) in [4.78, 5) is 14.7. The predicted octanol–water partition coefficient (Wildman–Crippen LogP) is 1.14. The normalized spacial score (nSPS) is 33.0. The van der Waals surface area contributed by atoms with Crippen LogP contribution in [0.2, 0.25) is 0 Å². The Labute approximate surface area is 127 Å². The molecular formula is C16H30N2O3. The highest BCUT2D eigenvalue weighted by atomic mass is 16.5. The lowest BCUT2D eigenvalue weighted by Crippen LogP contribution is -2.57. The summed E-state index contributed by atoms with van der Waals surface area (Å²) in [6.45, 7) is 5.76. The summed E-state index contributed by atoms with van der Waals surface area (Å²) in [5.74, 6) is 0.968. The first kappa shape index (κ1) is 16.7. The van der Waals surface area contributed by atoms with Gasteiger partial charge in [0, 0.05) is 19.0 Å². The first-order valence-corrected chi connectivity index (χ1v) is 8.22. The van der Waals surface area contributed by atoms with Gasteiger partial charge in [0.05, 0.1) is 18.3 Å². The maximum Gasteiger partial charge on any atom is 0.225 e. The zero-order valence-electron chi connectivity index (χ0n) is 13.4. The van der Waals surface area contributed by atoms with Crippen molar-refractivity contribution < 1.29 is 14.6 Å². The van der Waals surface area contributed by atoms with E-state index in [1.165, 1.54) is 6.42 Å². The van der Waals surface area contributed by atoms with E-state index in [2.05, 4.69) is 0 Å². The molecule has 3 unspecified atom stereocenters. The molecule has 1 saturated heterocycles. The second-order valence-electron chi connectivity index (χ2n) is 7.21. The number of aliphatic hydroxyl groups excluding tert-OH is 1. The zero-order chi connectivity index (χ0) is 15.5. The highest BCUT2D eigenvalue weighted by molar-refractivity contribution is 5.79. The Bertz CT molecular complexity index is 357. The SMILES string of the molecule is CC1(C)CN(C(=O)C2CCCC(CCN)C2)CC(CO)O1. The van der Waals surface area contributed by atoms with Gasteiger partial charge in [-0.25, -0.2) is 0 Å². The fourth-order valence-electron chi connectivity index (χ4n) is 3.83. The highest BCUT2D eigenvalue weighted by Gasteiger charge is 2.38. The van der Waals surface area contributed by atoms with Gasteiger partial charge in [-0.05, 0) is 45.6 Å². The van der Waals surface area contributed by atoms with Gasteiger partial charge < -0.3 is 20.5 Å². The van der Waals surface area contributed by atoms with Crippen molar-refractivity contribution in [3.63, 3.8) is 0 Å². The summed E-state index contributed by atoms with van der Waals surface area (Å²) in [6.07, 6.45) is 5.05. The van der Waals surface area contributed by atoms with Gasteiger partial charge in [-0.1, -0.05) is 12.8 Å². The number of nitrogens with zero attached hydrogens (tertiary/aromatic N) is 1. The molecular weight excluding hydrogens is 268 g/mol. The molecule has 122 valence electrons. The number of carbonyl (C=O) groups is 1. The Balaban J connectivity index is 1.98. The molecule has 1 aliphatic carbocycles. The third-order valence-corrected chi connectivity index (χ3v) is 4.70. The number of morpholine rings is 1. The van der Waals surface area contributed by atoms with E-state index in [1.54, 1.807) is 0 Å². The van der Waals surface area contributed by atoms with Gasteiger partial charge in [0.15, 0.2) is 0 Å². The van der Waals surface area contributed by atoms with Crippen molar-refractivity contribution in [2.75, 3.05) is 26.2 Å². The Morgan fingerprint density at radius 2 is 2.19 bits per heavy atom. The van der Waals surface area contributed by atoms with E-state index in [-0.39, 0.29) is 30.1 Å². The van der Waals surface area contributed by atoms with Gasteiger partial charge in [-0.3, -0.25) is 4.79 Å². The smallest absolute Gasteiger partial charge is 0.225 e. The van der Waals surface area contributed by atoms with Crippen molar-refractivity contribution in [1.29, 1.82) is 0 Å². The molecule has 2 rings (SSSR count). The van der Waals surface area contributed by atoms with E-state index < -0.39 is 0 Å². The monoisotopic (exact) mass is 298 g/mol. The van der Waals surface area contributed by atoms with Crippen LogP contribution in [0, 0.1) is 11.8 Å². The van der Waals surface area contributed by atoms with Gasteiger partial charge in [0.2, 0.25) is 5.91 Å². The first-order chi connectivity index (χ1) is 9.95. The zero-order valence-corrected chi connectivity index (χ0v) is 13.4. The molecule has 21 heavy (non-hydrogen) atoms. The summed E-state index contributed by atoms with van der Waals surface area (Å²) in [5, 5.41) is 9.37. The topological polar surface area (TPSA) is 75.8 Å². The minimum atomic E-state index is -0.382. The number of nitrogens with two attached hydrogens (primary N) is 1. The lowest BCUT2D eigenvalue weighted by Gasteiger charge is -2.44. The highest BCUT2D eigenvalue weighted by Crippen LogP contribution is 2.33. The second kappa shape index (κ2) is 7.07. The van der Waals surface area contributed by atoms with Crippen LogP contribution in [0.25, 0.3) is 0 Å². The average Bonchev–Trinajstić information content (AvgIpc) is 2.45. The Kier molecular flexibility index (Phi) is 5.63. The molecule has 2 fully saturated rings. The molecule has 1 amide bonds. The van der Waals surface area contributed by atoms with Gasteiger partial charge in [0.1, 0.15) is 0 Å². The molecule has 0 radical (unpaired) electrons. The fraction of sp³-hybridized carbons (Fsp3) is 0.938. The molecule has 3 atom stereocenters. The van der Waals surface area contributed by atoms with Gasteiger partial charge in [-0.2, -0.15) is 0 Å². The van der Waals surface area contributed by atoms with E-state index in [1.807, 2.05) is 18.7 Å². The standard InChI is InChI=1S/C16H30N2O3/c1-16(2)11-18(9-14(10-19)21-16)15(20)13-5-3-4-12(8-13)6-7-17/h12-14,19H,3-11,17H2,1-2H3. The Morgan fingerprint density at radius 3 is 2.86 bits per heavy atom. The summed E-state index contributed by atoms with van der Waals surface area (Å²) in [7, 11) is 0. The second-order valence-corrected chi connectivity index (χ2v) is 7.21. The van der Waals surface area contributed by atoms with E-state index in [0.717, 1.165) is 25.7 Å². The average molecular weight is 298 g/mol. The lowest BCUT2D eigenvalue weighted by atomic mass is 9.79. The molecule has 0 spiro atoms. The summed E-state index contributed by atoms with van der Waals surface area (Å²) in [5.41, 5.74) is 5.27. The van der Waals surface area contributed by atoms with E-state index in [4.69, 9.17) is 10.5 Å². The number of ether oxygens (including phenoxy) is 1. The van der Waals surface area contributed by atoms with Crippen molar-refractivity contribution in [2.45, 2.75) is 57.7 Å². The lowest BCUT2D eigenvalue weighted by molar-refractivity contribution is -0.170. The number of hydrogen-bond donors (Lipinski definition) is 2. The summed E-state index contributed by atoms with van der Waals surface area (Å²) in [6, 6.07) is 0. The molecule has 3 N–H and O–H groups in total. The van der Waals surface area contributed by atoms with Gasteiger partial charge >= 0.3 is 0 Å². The van der Waals surface area contributed by atoms with Crippen molar-refractivity contribution in [3.05, 3.63) is 0 Å². The van der Waals surface area contributed by atoms with E-state index in [0.29, 0.717) is 25.6 Å². The minimum absolute atomic E-state index is 0.0341. The quantitative estimate of drug-likeness (QED) is 0.816. The van der Waals surface area contributed by atoms with Crippen molar-refractivity contribution in [3.8, 4) is 0 Å². The number of aliphatic hydroxyl groups is 1. The molecule has 0 aromatic heterocycles. The number of rotatable bonds is 4. The van der Waals surface area contributed by atoms with Crippen LogP contribution in [0.15, 0.2) is 0 Å². The van der Waals surface area contributed by atoms with Crippen LogP contribution >= 0.6 is 0 Å². The van der Waals surface area contributed by atoms with E-state index in [9.17, 15) is 9.90 Å². The summed E-state index contributed by atoms with van der Waals surface area (Å²) >= 11 is 0. The van der Waals surface area contributed by atoms with Gasteiger partial charge in [0.25, 0.3) is 0 Å². The first-order valence-electron chi connectivity index (χ1n) is 8.22. The number of amides is 1. The van der Waals surface area contributed by atoms with Gasteiger partial charge in [-0.15, -0.1) is 0 Å². The molecule has 2 aliphatic rings. The molecule has 0 aromatic rings. The van der Waals surface area contributed by atoms with Crippen LogP contribution in [0.5, 0.6) is 0 Å². The number of hydrogen-bond acceptors (Lipinski definition) is 4. The molecule has 1 heterocycles. The maximum absolute atomic E-state index is 12.8. The van der Waals surface area contributed by atoms with Crippen molar-refractivity contribution >= 4 is 5.91 Å². The molecule has 5 nitrogen and oxygen atoms in total. The van der Waals surface area contributed by atoms with Crippen LogP contribution in [0.1, 0.15) is 46.0 Å². The van der Waals surface area contributed by atoms with Crippen LogP contribution < -0.4 is 5.73 Å². The molecule has 1 aliphatic heterocycles. The van der Waals surface area contributed by atoms with E-state index >= 15 is 0 Å². The fourth-order valence-corrected chi connectivity index (χ4v) is 3.83. The van der Waals surface area contributed by atoms with Crippen LogP contribution in [-0.4, -0.2) is 53.9 Å². The van der Waals surface area contributed by atoms with Crippen molar-refractivity contribution in [1.82, 2.24) is 4.90 Å².